The molecule has 0 amide bonds. The Bertz CT molecular complexity index is 3400. The molecule has 0 aliphatic carbocycles. The third kappa shape index (κ3) is 30.8. The van der Waals surface area contributed by atoms with Crippen LogP contribution in [0.5, 0.6) is 11.8 Å². The number of alkyl halides is 8. The fraction of sp³-hybridized carbons (Fsp3) is 0.724. The number of hydrogen-bond acceptors (Lipinski definition) is 33. The number of rotatable bonds is 46. The maximum Gasteiger partial charge on any atom is 0.322 e. The van der Waals surface area contributed by atoms with Crippen LogP contribution in [0.15, 0.2) is 12.2 Å². The molecule has 2 aliphatic rings. The van der Waals surface area contributed by atoms with Crippen LogP contribution < -0.4 is 0 Å². The quantitative estimate of drug-likeness (QED) is 0.0265. The number of aromatic nitrogens is 1. The Morgan fingerprint density at radius 1 is 0.288 bits per heavy atom. The molecule has 0 radical (unpaired) electrons. The molecule has 2 aliphatic heterocycles. The first-order valence-corrected chi connectivity index (χ1v) is 42.7. The highest BCUT2D eigenvalue weighted by Gasteiger charge is 2.52. The van der Waals surface area contributed by atoms with Crippen LogP contribution in [0, 0.1) is 38.4 Å². The fourth-order valence-electron chi connectivity index (χ4n) is 9.15. The van der Waals surface area contributed by atoms with Gasteiger partial charge in [0, 0.05) is 0 Å². The number of ether oxygens (including phenoxy) is 16. The molecule has 2 unspecified atom stereocenters. The molecular weight excluding hydrogens is 2090 g/mol. The average Bonchev–Trinajstić information content (AvgIpc) is 1.57. The van der Waals surface area contributed by atoms with Gasteiger partial charge in [0.2, 0.25) is 11.8 Å². The molecule has 1 aromatic rings. The van der Waals surface area contributed by atoms with Gasteiger partial charge in [-0.2, -0.15) is 0 Å². The van der Waals surface area contributed by atoms with Crippen LogP contribution in [-0.2, 0) is 154 Å². The summed E-state index contributed by atoms with van der Waals surface area (Å²) in [7, 11) is 0. The molecule has 0 spiro atoms. The highest BCUT2D eigenvalue weighted by atomic mass is 79.9. The van der Waals surface area contributed by atoms with E-state index in [-0.39, 0.29) is 11.1 Å². The third-order valence-corrected chi connectivity index (χ3v) is 20.0. The summed E-state index contributed by atoms with van der Waals surface area (Å²) in [6.07, 6.45) is 1.83. The average molecular weight is 2200 g/mol. The van der Waals surface area contributed by atoms with Gasteiger partial charge in [-0.25, -0.2) is 0 Å². The lowest BCUT2D eigenvalue weighted by Crippen LogP contribution is -2.48. The zero-order valence-electron chi connectivity index (χ0n) is 69.7. The number of hydrogen-bond donors (Lipinski definition) is 2. The number of aromatic hydroxyl groups is 2. The van der Waals surface area contributed by atoms with E-state index >= 15 is 9.59 Å². The highest BCUT2D eigenvalue weighted by Crippen LogP contribution is 2.54. The summed E-state index contributed by atoms with van der Waals surface area (Å²) in [5.41, 5.74) is -12.9. The summed E-state index contributed by atoms with van der Waals surface area (Å²) in [6, 6.07) is 0. The van der Waals surface area contributed by atoms with Gasteiger partial charge in [-0.3, -0.25) is 76.5 Å². The molecule has 1 aromatic heterocycles. The van der Waals surface area contributed by atoms with Crippen LogP contribution in [0.3, 0.4) is 0 Å². The number of esters is 15. The maximum absolute atomic E-state index is 15.3. The van der Waals surface area contributed by atoms with E-state index in [4.69, 9.17) is 75.8 Å². The van der Waals surface area contributed by atoms with Gasteiger partial charge in [-0.05, 0) is 152 Å². The van der Waals surface area contributed by atoms with Crippen molar-refractivity contribution < 1.29 is 158 Å². The van der Waals surface area contributed by atoms with Crippen molar-refractivity contribution in [2.24, 2.45) is 38.4 Å². The highest BCUT2D eigenvalue weighted by molar-refractivity contribution is 9.11. The first-order chi connectivity index (χ1) is 53.2. The van der Waals surface area contributed by atoms with Crippen molar-refractivity contribution in [3.8, 4) is 11.8 Å². The molecule has 2 bridgehead atoms. The summed E-state index contributed by atoms with van der Waals surface area (Å²) in [5, 5.41) is 22.6. The first-order valence-electron chi connectivity index (χ1n) is 36.3. The van der Waals surface area contributed by atoms with E-state index in [2.05, 4.69) is 127 Å². The predicted molar refractivity (Wildman–Crippen MR) is 444 cm³/mol. The second kappa shape index (κ2) is 41.3. The molecule has 0 saturated carbocycles. The zero-order valence-corrected chi connectivity index (χ0v) is 82.4. The predicted octanol–water partition coefficient (Wildman–Crippen LogP) is 10.8. The van der Waals surface area contributed by atoms with E-state index in [0.29, 0.717) is 0 Å². The van der Waals surface area contributed by atoms with Crippen LogP contribution in [0.2, 0.25) is 0 Å². The van der Waals surface area contributed by atoms with E-state index in [1.807, 2.05) is 0 Å². The lowest BCUT2D eigenvalue weighted by Gasteiger charge is -2.33. The van der Waals surface area contributed by atoms with E-state index in [1.165, 1.54) is 138 Å². The number of halogens is 8. The van der Waals surface area contributed by atoms with Gasteiger partial charge in [0.1, 0.15) is 184 Å². The summed E-state index contributed by atoms with van der Waals surface area (Å²) < 4.78 is 80.7. The topological polar surface area (TPSA) is 449 Å². The zero-order chi connectivity index (χ0) is 91.3. The monoisotopic (exact) mass is 2190 g/mol. The van der Waals surface area contributed by atoms with Gasteiger partial charge < -0.3 is 86.0 Å². The van der Waals surface area contributed by atoms with Gasteiger partial charge in [-0.15, -0.1) is 0 Å². The minimum Gasteiger partial charge on any atom is -0.494 e. The van der Waals surface area contributed by atoms with Gasteiger partial charge in [0.15, 0.2) is 0 Å². The van der Waals surface area contributed by atoms with Crippen LogP contribution in [-0.4, -0.2) is 238 Å². The van der Waals surface area contributed by atoms with Crippen LogP contribution >= 0.6 is 127 Å². The van der Waals surface area contributed by atoms with E-state index in [9.17, 15) is 72.5 Å². The number of nitrogens with zero attached hydrogens (tertiary/aromatic N) is 1. The molecule has 3 heterocycles. The summed E-state index contributed by atoms with van der Waals surface area (Å²) in [5.74, 6) is -19.7. The van der Waals surface area contributed by atoms with E-state index in [0.717, 1.165) is 18.4 Å². The van der Waals surface area contributed by atoms with Crippen LogP contribution in [0.4, 0.5) is 0 Å². The summed E-state index contributed by atoms with van der Waals surface area (Å²) in [4.78, 5) is 209. The van der Waals surface area contributed by atoms with E-state index in [1.54, 1.807) is 12.2 Å². The van der Waals surface area contributed by atoms with Crippen molar-refractivity contribution in [3.63, 3.8) is 0 Å². The second-order valence-corrected chi connectivity index (χ2v) is 50.0. The Labute approximate surface area is 751 Å². The summed E-state index contributed by atoms with van der Waals surface area (Å²) >= 11 is 25.6. The van der Waals surface area contributed by atoms with Crippen molar-refractivity contribution >= 4 is 217 Å². The minimum absolute atomic E-state index is 0.234. The Kier molecular flexibility index (Phi) is 37.3. The van der Waals surface area contributed by atoms with Crippen molar-refractivity contribution in [2.45, 2.75) is 206 Å². The Morgan fingerprint density at radius 3 is 0.619 bits per heavy atom. The van der Waals surface area contributed by atoms with Crippen LogP contribution in [0.1, 0.15) is 176 Å². The van der Waals surface area contributed by atoms with Crippen LogP contribution in [0.25, 0.3) is 0 Å². The molecule has 2 N–H and O–H groups in total. The normalized spacial score (nSPS) is 15.0. The lowest BCUT2D eigenvalue weighted by molar-refractivity contribution is -0.185. The molecule has 42 heteroatoms. The van der Waals surface area contributed by atoms with Crippen molar-refractivity contribution in [3.05, 3.63) is 23.3 Å². The largest absolute Gasteiger partial charge is 0.494 e. The van der Waals surface area contributed by atoms with Gasteiger partial charge >= 0.3 is 89.5 Å². The molecule has 34 nitrogen and oxygen atoms in total. The van der Waals surface area contributed by atoms with Gasteiger partial charge in [-0.1, -0.05) is 140 Å². The Balaban J connectivity index is 2.37. The fourth-order valence-corrected chi connectivity index (χ4v) is 10.1. The summed E-state index contributed by atoms with van der Waals surface area (Å²) in [6.45, 7) is 14.8. The Hall–Kier alpha value is -5.53. The molecular formula is C76H105Br8NO33. The third-order valence-electron chi connectivity index (χ3n) is 17.4. The lowest BCUT2D eigenvalue weighted by atomic mass is 9.90. The minimum atomic E-state index is -2.49. The van der Waals surface area contributed by atoms with E-state index < -0.39 is 292 Å². The number of fused-ring (bicyclic) bond motifs is 5. The Morgan fingerprint density at radius 2 is 0.449 bits per heavy atom. The molecule has 0 saturated heterocycles. The smallest absolute Gasteiger partial charge is 0.322 e. The van der Waals surface area contributed by atoms with Crippen molar-refractivity contribution in [1.29, 1.82) is 0 Å². The molecule has 0 aromatic carbocycles. The number of carbonyl (C=O) groups excluding carboxylic acids is 15. The van der Waals surface area contributed by atoms with Crippen molar-refractivity contribution in [1.82, 2.24) is 4.57 Å². The molecule has 668 valence electrons. The standard InChI is InChI=1S/C76H105Br8NO33/c1-63(2,77)49(89)106-29-73(19,30-107-50(90)64(3,4)78)59(99)114-37-71(17,38-115-60(100)74(20,31-108-51(91)65(5,6)79)32-109-52(92)66(7,8)80)57(97)104-27-41(48(88)103-26-25-85-46(86)44-42-23-24-43(118-42)45(44)47(85)87)28-105-58(98)72(18,39-116-61(101)75(21,33-110-53(93)67(9,10)81)34-111-54(94)68(11,12)82)40-117-62(102)76(22,35-112-55(95)69(13,14)83)36-113-56(96)70(15,16)84/h23-24,41-43,86-87H,25-40H2,1-22H3. The molecule has 3 rings (SSSR count). The molecule has 2 atom stereocenters. The number of carbonyl (C=O) groups is 15. The molecule has 0 fully saturated rings. The molecule has 118 heavy (non-hydrogen) atoms. The van der Waals surface area contributed by atoms with Gasteiger partial charge in [0.05, 0.1) is 17.7 Å². The van der Waals surface area contributed by atoms with Crippen molar-refractivity contribution in [2.75, 3.05) is 99.1 Å². The second-order valence-electron chi connectivity index (χ2n) is 34.1. The SMILES string of the molecule is CC(C)(Br)C(=O)OCC(C)(COC(=O)C(C)(C)Br)C(=O)OCC(C)(COC(=O)C(C)(COC(=O)C(C)(C)Br)COC(=O)C(C)(C)Br)C(=O)OCC(COC(=O)C(C)(COC(=O)C(C)(COC(=O)C(C)(C)Br)COC(=O)C(C)(C)Br)COC(=O)C(C)(COC(=O)C(C)(C)Br)COC(=O)C(C)(C)Br)C(=O)OCCn1c(O)c2c(c1O)C1C=CC2O1. The van der Waals surface area contributed by atoms with Gasteiger partial charge in [0.25, 0.3) is 0 Å². The first kappa shape index (κ1) is 107. The maximum atomic E-state index is 15.3.